The standard InChI is InChI=1S/C17H16BrNOS/c1-21-16-8-3-2-7-15(16)19-17(20)14-10-13(14)11-5-4-6-12(18)9-11/h2-9,13-14H,10H2,1H3,(H,19,20). The number of benzene rings is 2. The van der Waals surface area contributed by atoms with E-state index in [9.17, 15) is 4.79 Å². The number of nitrogens with one attached hydrogen (secondary N) is 1. The molecule has 0 bridgehead atoms. The molecule has 1 aliphatic rings. The summed E-state index contributed by atoms with van der Waals surface area (Å²) >= 11 is 5.13. The van der Waals surface area contributed by atoms with Crippen LogP contribution < -0.4 is 5.32 Å². The van der Waals surface area contributed by atoms with E-state index in [2.05, 4.69) is 33.4 Å². The average Bonchev–Trinajstić information content (AvgIpc) is 3.28. The third kappa shape index (κ3) is 3.33. The van der Waals surface area contributed by atoms with Gasteiger partial charge in [0, 0.05) is 15.3 Å². The SMILES string of the molecule is CSc1ccccc1NC(=O)C1CC1c1cccc(Br)c1. The molecule has 1 fully saturated rings. The van der Waals surface area contributed by atoms with E-state index in [0.29, 0.717) is 5.92 Å². The van der Waals surface area contributed by atoms with Crippen molar-refractivity contribution in [3.05, 3.63) is 58.6 Å². The molecule has 1 saturated carbocycles. The predicted octanol–water partition coefficient (Wildman–Crippen LogP) is 4.91. The molecule has 2 aromatic carbocycles. The topological polar surface area (TPSA) is 29.1 Å². The molecule has 4 heteroatoms. The number of hydrogen-bond acceptors (Lipinski definition) is 2. The third-order valence-electron chi connectivity index (χ3n) is 3.77. The van der Waals surface area contributed by atoms with E-state index < -0.39 is 0 Å². The van der Waals surface area contributed by atoms with Crippen molar-refractivity contribution < 1.29 is 4.79 Å². The van der Waals surface area contributed by atoms with Gasteiger partial charge in [0.25, 0.3) is 0 Å². The maximum absolute atomic E-state index is 12.4. The Balaban J connectivity index is 1.68. The highest BCUT2D eigenvalue weighted by atomic mass is 79.9. The van der Waals surface area contributed by atoms with Gasteiger partial charge in [0.15, 0.2) is 0 Å². The van der Waals surface area contributed by atoms with E-state index in [4.69, 9.17) is 0 Å². The molecule has 0 aliphatic heterocycles. The summed E-state index contributed by atoms with van der Waals surface area (Å²) in [5, 5.41) is 3.07. The van der Waals surface area contributed by atoms with Gasteiger partial charge in [0.1, 0.15) is 0 Å². The molecule has 0 aromatic heterocycles. The molecular weight excluding hydrogens is 346 g/mol. The maximum Gasteiger partial charge on any atom is 0.228 e. The number of carbonyl (C=O) groups excluding carboxylic acids is 1. The predicted molar refractivity (Wildman–Crippen MR) is 91.8 cm³/mol. The van der Waals surface area contributed by atoms with Crippen molar-refractivity contribution >= 4 is 39.3 Å². The Morgan fingerprint density at radius 2 is 2.05 bits per heavy atom. The number of thioether (sulfide) groups is 1. The van der Waals surface area contributed by atoms with Crippen LogP contribution in [0.1, 0.15) is 17.9 Å². The van der Waals surface area contributed by atoms with Crippen LogP contribution in [0.3, 0.4) is 0 Å². The first-order valence-electron chi connectivity index (χ1n) is 6.88. The van der Waals surface area contributed by atoms with Gasteiger partial charge in [-0.05, 0) is 48.4 Å². The van der Waals surface area contributed by atoms with Gasteiger partial charge in [0.05, 0.1) is 5.69 Å². The molecule has 1 amide bonds. The average molecular weight is 362 g/mol. The molecular formula is C17H16BrNOS. The lowest BCUT2D eigenvalue weighted by Gasteiger charge is -2.09. The summed E-state index contributed by atoms with van der Waals surface area (Å²) in [6.07, 6.45) is 2.95. The van der Waals surface area contributed by atoms with Crippen molar-refractivity contribution in [2.24, 2.45) is 5.92 Å². The van der Waals surface area contributed by atoms with Crippen molar-refractivity contribution in [2.75, 3.05) is 11.6 Å². The molecule has 3 rings (SSSR count). The fraction of sp³-hybridized carbons (Fsp3) is 0.235. The van der Waals surface area contributed by atoms with E-state index in [0.717, 1.165) is 21.5 Å². The van der Waals surface area contributed by atoms with Crippen LogP contribution in [-0.4, -0.2) is 12.2 Å². The summed E-state index contributed by atoms with van der Waals surface area (Å²) in [6, 6.07) is 16.2. The first-order chi connectivity index (χ1) is 10.2. The molecule has 0 saturated heterocycles. The number of hydrogen-bond donors (Lipinski definition) is 1. The van der Waals surface area contributed by atoms with Gasteiger partial charge in [-0.3, -0.25) is 4.79 Å². The van der Waals surface area contributed by atoms with Crippen LogP contribution in [0.4, 0.5) is 5.69 Å². The van der Waals surface area contributed by atoms with Gasteiger partial charge < -0.3 is 5.32 Å². The molecule has 2 nitrogen and oxygen atoms in total. The zero-order valence-electron chi connectivity index (χ0n) is 11.7. The van der Waals surface area contributed by atoms with Crippen LogP contribution in [0.2, 0.25) is 0 Å². The fourth-order valence-corrected chi connectivity index (χ4v) is 3.53. The van der Waals surface area contributed by atoms with E-state index >= 15 is 0 Å². The molecule has 1 aliphatic carbocycles. The van der Waals surface area contributed by atoms with Crippen LogP contribution in [0.5, 0.6) is 0 Å². The quantitative estimate of drug-likeness (QED) is 0.783. The monoisotopic (exact) mass is 361 g/mol. The van der Waals surface area contributed by atoms with E-state index in [1.165, 1.54) is 5.56 Å². The summed E-state index contributed by atoms with van der Waals surface area (Å²) in [7, 11) is 0. The van der Waals surface area contributed by atoms with Gasteiger partial charge in [-0.15, -0.1) is 11.8 Å². The smallest absolute Gasteiger partial charge is 0.228 e. The summed E-state index contributed by atoms with van der Waals surface area (Å²) in [6.45, 7) is 0. The second-order valence-electron chi connectivity index (χ2n) is 5.19. The first kappa shape index (κ1) is 14.7. The van der Waals surface area contributed by atoms with Crippen LogP contribution in [0.15, 0.2) is 57.9 Å². The highest BCUT2D eigenvalue weighted by Gasteiger charge is 2.44. The first-order valence-corrected chi connectivity index (χ1v) is 8.90. The minimum Gasteiger partial charge on any atom is -0.325 e. The van der Waals surface area contributed by atoms with Gasteiger partial charge >= 0.3 is 0 Å². The highest BCUT2D eigenvalue weighted by molar-refractivity contribution is 9.10. The summed E-state index contributed by atoms with van der Waals surface area (Å²) in [5.41, 5.74) is 2.15. The normalized spacial score (nSPS) is 20.1. The minimum atomic E-state index is 0.0919. The van der Waals surface area contributed by atoms with E-state index in [1.807, 2.05) is 42.7 Å². The molecule has 1 N–H and O–H groups in total. The fourth-order valence-electron chi connectivity index (χ4n) is 2.56. The summed E-state index contributed by atoms with van der Waals surface area (Å²) in [4.78, 5) is 13.5. The second-order valence-corrected chi connectivity index (χ2v) is 6.96. The molecule has 2 unspecified atom stereocenters. The molecule has 0 heterocycles. The molecule has 0 radical (unpaired) electrons. The molecule has 2 atom stereocenters. The van der Waals surface area contributed by atoms with Gasteiger partial charge in [-0.2, -0.15) is 0 Å². The number of amides is 1. The maximum atomic E-state index is 12.4. The Morgan fingerprint density at radius 3 is 2.81 bits per heavy atom. The number of anilines is 1. The Hall–Kier alpha value is -1.26. The molecule has 0 spiro atoms. The molecule has 2 aromatic rings. The lowest BCUT2D eigenvalue weighted by Crippen LogP contribution is -2.15. The molecule has 21 heavy (non-hydrogen) atoms. The largest absolute Gasteiger partial charge is 0.325 e. The Morgan fingerprint density at radius 1 is 1.24 bits per heavy atom. The zero-order valence-corrected chi connectivity index (χ0v) is 14.1. The third-order valence-corrected chi connectivity index (χ3v) is 5.06. The second kappa shape index (κ2) is 6.24. The number of rotatable bonds is 4. The van der Waals surface area contributed by atoms with Crippen LogP contribution in [-0.2, 0) is 4.79 Å². The summed E-state index contributed by atoms with van der Waals surface area (Å²) in [5.74, 6) is 0.569. The Labute approximate surface area is 137 Å². The molecule has 108 valence electrons. The van der Waals surface area contributed by atoms with Gasteiger partial charge in [0.2, 0.25) is 5.91 Å². The lowest BCUT2D eigenvalue weighted by atomic mass is 10.1. The van der Waals surface area contributed by atoms with Gasteiger partial charge in [-0.1, -0.05) is 40.2 Å². The summed E-state index contributed by atoms with van der Waals surface area (Å²) < 4.78 is 1.07. The number of para-hydroxylation sites is 1. The van der Waals surface area contributed by atoms with Crippen LogP contribution in [0, 0.1) is 5.92 Å². The zero-order chi connectivity index (χ0) is 14.8. The van der Waals surface area contributed by atoms with Crippen molar-refractivity contribution in [2.45, 2.75) is 17.2 Å². The minimum absolute atomic E-state index is 0.0919. The van der Waals surface area contributed by atoms with Gasteiger partial charge in [-0.25, -0.2) is 0 Å². The number of carbonyl (C=O) groups is 1. The van der Waals surface area contributed by atoms with E-state index in [-0.39, 0.29) is 11.8 Å². The van der Waals surface area contributed by atoms with Crippen molar-refractivity contribution in [3.8, 4) is 0 Å². The van der Waals surface area contributed by atoms with Crippen molar-refractivity contribution in [3.63, 3.8) is 0 Å². The lowest BCUT2D eigenvalue weighted by molar-refractivity contribution is -0.117. The van der Waals surface area contributed by atoms with E-state index in [1.54, 1.807) is 11.8 Å². The van der Waals surface area contributed by atoms with Crippen molar-refractivity contribution in [1.29, 1.82) is 0 Å². The Bertz CT molecular complexity index is 673. The number of halogens is 1. The van der Waals surface area contributed by atoms with Crippen LogP contribution in [0.25, 0.3) is 0 Å². The van der Waals surface area contributed by atoms with Crippen molar-refractivity contribution in [1.82, 2.24) is 0 Å². The highest BCUT2D eigenvalue weighted by Crippen LogP contribution is 2.48. The van der Waals surface area contributed by atoms with Crippen LogP contribution >= 0.6 is 27.7 Å². The Kier molecular flexibility index (Phi) is 4.36.